The molecule has 0 aliphatic carbocycles. The fraction of sp³-hybridized carbons (Fsp3) is 0.0625. The summed E-state index contributed by atoms with van der Waals surface area (Å²) >= 11 is 5.66. The average Bonchev–Trinajstić information content (AvgIpc) is 2.51. The largest absolute Gasteiger partial charge is 0.497 e. The predicted octanol–water partition coefficient (Wildman–Crippen LogP) is 4.30. The number of allylic oxidation sites excluding steroid dienone is 1. The molecule has 3 nitrogen and oxygen atoms in total. The van der Waals surface area contributed by atoms with Crippen molar-refractivity contribution >= 4 is 23.1 Å². The van der Waals surface area contributed by atoms with E-state index >= 15 is 0 Å². The molecule has 0 radical (unpaired) electrons. The molecule has 2 rings (SSSR count). The van der Waals surface area contributed by atoms with E-state index in [2.05, 4.69) is 5.32 Å². The summed E-state index contributed by atoms with van der Waals surface area (Å²) in [5.41, 5.74) is 1.14. The fourth-order valence-corrected chi connectivity index (χ4v) is 1.83. The van der Waals surface area contributed by atoms with Crippen LogP contribution in [-0.4, -0.2) is 12.9 Å². The third kappa shape index (κ3) is 4.07. The second kappa shape index (κ2) is 6.90. The first-order valence-electron chi connectivity index (χ1n) is 6.16. The number of benzene rings is 2. The Balaban J connectivity index is 1.99. The zero-order valence-electron chi connectivity index (χ0n) is 11.3. The predicted molar refractivity (Wildman–Crippen MR) is 81.5 cm³/mol. The first-order valence-corrected chi connectivity index (χ1v) is 6.54. The highest BCUT2D eigenvalue weighted by Gasteiger charge is 2.02. The molecule has 0 heterocycles. The van der Waals surface area contributed by atoms with Gasteiger partial charge >= 0.3 is 0 Å². The molecule has 0 bridgehead atoms. The summed E-state index contributed by atoms with van der Waals surface area (Å²) in [6.45, 7) is 0. The molecule has 5 heteroatoms. The van der Waals surface area contributed by atoms with E-state index in [9.17, 15) is 9.18 Å². The van der Waals surface area contributed by atoms with Crippen LogP contribution in [-0.2, 0) is 0 Å². The number of carbonyl (C=O) groups excluding carboxylic acids is 1. The normalized spacial score (nSPS) is 10.6. The van der Waals surface area contributed by atoms with Crippen molar-refractivity contribution in [2.45, 2.75) is 0 Å². The molecule has 0 aromatic heterocycles. The molecule has 1 N–H and O–H groups in total. The summed E-state index contributed by atoms with van der Waals surface area (Å²) in [6, 6.07) is 11.0. The van der Waals surface area contributed by atoms with Gasteiger partial charge in [0, 0.05) is 23.5 Å². The first kappa shape index (κ1) is 15.1. The van der Waals surface area contributed by atoms with Crippen molar-refractivity contribution in [1.29, 1.82) is 0 Å². The van der Waals surface area contributed by atoms with Gasteiger partial charge in [-0.1, -0.05) is 11.6 Å². The van der Waals surface area contributed by atoms with Crippen molar-refractivity contribution < 1.29 is 13.9 Å². The number of anilines is 1. The van der Waals surface area contributed by atoms with Crippen LogP contribution in [0.2, 0.25) is 5.02 Å². The minimum atomic E-state index is -0.486. The summed E-state index contributed by atoms with van der Waals surface area (Å²) in [6.07, 6.45) is 2.87. The van der Waals surface area contributed by atoms with Gasteiger partial charge in [0.2, 0.25) is 0 Å². The molecule has 0 amide bonds. The molecule has 0 unspecified atom stereocenters. The molecule has 0 spiro atoms. The lowest BCUT2D eigenvalue weighted by atomic mass is 10.1. The van der Waals surface area contributed by atoms with E-state index in [1.54, 1.807) is 31.4 Å². The summed E-state index contributed by atoms with van der Waals surface area (Å²) in [5.74, 6) is 0.0495. The Morgan fingerprint density at radius 2 is 1.95 bits per heavy atom. The van der Waals surface area contributed by atoms with Crippen LogP contribution >= 0.6 is 11.6 Å². The zero-order valence-corrected chi connectivity index (χ0v) is 12.0. The van der Waals surface area contributed by atoms with Crippen LogP contribution in [0, 0.1) is 5.82 Å². The number of ketones is 1. The van der Waals surface area contributed by atoms with Crippen LogP contribution in [0.25, 0.3) is 0 Å². The molecular weight excluding hydrogens is 293 g/mol. The van der Waals surface area contributed by atoms with E-state index in [-0.39, 0.29) is 10.8 Å². The van der Waals surface area contributed by atoms with Crippen LogP contribution in [0.15, 0.2) is 54.7 Å². The summed E-state index contributed by atoms with van der Waals surface area (Å²) in [4.78, 5) is 11.9. The number of ether oxygens (including phenoxy) is 1. The number of halogens is 2. The molecular formula is C16H13ClFNO2. The minimum Gasteiger partial charge on any atom is -0.497 e. The Hall–Kier alpha value is -2.33. The Morgan fingerprint density at radius 3 is 2.57 bits per heavy atom. The Labute approximate surface area is 127 Å². The topological polar surface area (TPSA) is 38.3 Å². The fourth-order valence-electron chi connectivity index (χ4n) is 1.65. The van der Waals surface area contributed by atoms with E-state index < -0.39 is 5.82 Å². The van der Waals surface area contributed by atoms with Gasteiger partial charge in [-0.05, 0) is 42.5 Å². The highest BCUT2D eigenvalue weighted by molar-refractivity contribution is 6.31. The molecule has 0 atom stereocenters. The molecule has 2 aromatic rings. The number of rotatable bonds is 5. The molecule has 0 aliphatic heterocycles. The van der Waals surface area contributed by atoms with Crippen LogP contribution in [0.4, 0.5) is 10.1 Å². The van der Waals surface area contributed by atoms with Gasteiger partial charge in [0.05, 0.1) is 12.1 Å². The van der Waals surface area contributed by atoms with Crippen LogP contribution in [0.5, 0.6) is 5.75 Å². The maximum absolute atomic E-state index is 13.0. The second-order valence-electron chi connectivity index (χ2n) is 4.20. The molecule has 21 heavy (non-hydrogen) atoms. The highest BCUT2D eigenvalue weighted by Crippen LogP contribution is 2.19. The highest BCUT2D eigenvalue weighted by atomic mass is 35.5. The average molecular weight is 306 g/mol. The SMILES string of the molecule is COc1ccc(C(=O)C=CNc2ccc(F)c(Cl)c2)cc1. The lowest BCUT2D eigenvalue weighted by Gasteiger charge is -2.02. The van der Waals surface area contributed by atoms with Gasteiger partial charge < -0.3 is 10.1 Å². The van der Waals surface area contributed by atoms with Gasteiger partial charge in [-0.15, -0.1) is 0 Å². The van der Waals surface area contributed by atoms with Gasteiger partial charge in [-0.3, -0.25) is 4.79 Å². The smallest absolute Gasteiger partial charge is 0.187 e. The maximum Gasteiger partial charge on any atom is 0.187 e. The Morgan fingerprint density at radius 1 is 1.24 bits per heavy atom. The lowest BCUT2D eigenvalue weighted by molar-refractivity contribution is 0.104. The third-order valence-electron chi connectivity index (χ3n) is 2.78. The van der Waals surface area contributed by atoms with E-state index in [1.807, 2.05) is 0 Å². The number of hydrogen-bond acceptors (Lipinski definition) is 3. The quantitative estimate of drug-likeness (QED) is 0.661. The monoisotopic (exact) mass is 305 g/mol. The van der Waals surface area contributed by atoms with Crippen molar-refractivity contribution in [3.8, 4) is 5.75 Å². The van der Waals surface area contributed by atoms with Crippen LogP contribution < -0.4 is 10.1 Å². The zero-order chi connectivity index (χ0) is 15.2. The van der Waals surface area contributed by atoms with E-state index in [0.717, 1.165) is 0 Å². The van der Waals surface area contributed by atoms with Crippen LogP contribution in [0.1, 0.15) is 10.4 Å². The first-order chi connectivity index (χ1) is 10.1. The van der Waals surface area contributed by atoms with Crippen molar-refractivity contribution in [1.82, 2.24) is 0 Å². The number of nitrogens with one attached hydrogen (secondary N) is 1. The van der Waals surface area contributed by atoms with Crippen molar-refractivity contribution in [2.75, 3.05) is 12.4 Å². The summed E-state index contributed by atoms with van der Waals surface area (Å²) in [5, 5.41) is 2.88. The number of carbonyl (C=O) groups is 1. The van der Waals surface area contributed by atoms with Gasteiger partial charge in [0.25, 0.3) is 0 Å². The van der Waals surface area contributed by atoms with Crippen molar-refractivity contribution in [3.05, 3.63) is 71.1 Å². The van der Waals surface area contributed by atoms with Crippen molar-refractivity contribution in [3.63, 3.8) is 0 Å². The van der Waals surface area contributed by atoms with E-state index in [4.69, 9.17) is 16.3 Å². The van der Waals surface area contributed by atoms with E-state index in [1.165, 1.54) is 30.5 Å². The minimum absolute atomic E-state index is 0.0230. The standard InChI is InChI=1S/C16H13ClFNO2/c1-21-13-5-2-11(3-6-13)16(20)8-9-19-12-4-7-15(18)14(17)10-12/h2-10,19H,1H3. The van der Waals surface area contributed by atoms with Gasteiger partial charge in [-0.2, -0.15) is 0 Å². The number of hydrogen-bond donors (Lipinski definition) is 1. The summed E-state index contributed by atoms with van der Waals surface area (Å²) < 4.78 is 18.0. The van der Waals surface area contributed by atoms with Gasteiger partial charge in [-0.25, -0.2) is 4.39 Å². The maximum atomic E-state index is 13.0. The molecule has 0 aliphatic rings. The third-order valence-corrected chi connectivity index (χ3v) is 3.07. The summed E-state index contributed by atoms with van der Waals surface area (Å²) in [7, 11) is 1.56. The molecule has 2 aromatic carbocycles. The second-order valence-corrected chi connectivity index (χ2v) is 4.61. The number of methoxy groups -OCH3 is 1. The molecule has 108 valence electrons. The molecule has 0 saturated carbocycles. The van der Waals surface area contributed by atoms with Gasteiger partial charge in [0.1, 0.15) is 11.6 Å². The van der Waals surface area contributed by atoms with Crippen LogP contribution in [0.3, 0.4) is 0 Å². The lowest BCUT2D eigenvalue weighted by Crippen LogP contribution is -1.96. The van der Waals surface area contributed by atoms with Gasteiger partial charge in [0.15, 0.2) is 5.78 Å². The van der Waals surface area contributed by atoms with Crippen molar-refractivity contribution in [2.24, 2.45) is 0 Å². The molecule has 0 saturated heterocycles. The van der Waals surface area contributed by atoms with E-state index in [0.29, 0.717) is 17.0 Å². The Bertz CT molecular complexity index is 668. The Kier molecular flexibility index (Phi) is 4.95. The molecule has 0 fully saturated rings.